The summed E-state index contributed by atoms with van der Waals surface area (Å²) in [4.78, 5) is 33.7. The van der Waals surface area contributed by atoms with Gasteiger partial charge in [0, 0.05) is 6.42 Å². The van der Waals surface area contributed by atoms with Crippen molar-refractivity contribution in [3.05, 3.63) is 28.8 Å². The van der Waals surface area contributed by atoms with Crippen LogP contribution in [0.3, 0.4) is 0 Å². The summed E-state index contributed by atoms with van der Waals surface area (Å²) in [6, 6.07) is 3.42. The highest BCUT2D eigenvalue weighted by atomic mass is 35.5. The molecule has 0 bridgehead atoms. The maximum atomic E-state index is 11.9. The van der Waals surface area contributed by atoms with E-state index in [0.717, 1.165) is 0 Å². The minimum Gasteiger partial charge on any atom is -0.478 e. The number of hydrogen-bond acceptors (Lipinski definition) is 3. The van der Waals surface area contributed by atoms with Crippen molar-refractivity contribution in [1.29, 1.82) is 0 Å². The molecule has 2 rings (SSSR count). The molecule has 0 radical (unpaired) electrons. The van der Waals surface area contributed by atoms with Crippen LogP contribution in [0, 0.1) is 0 Å². The molecule has 0 saturated carbocycles. The largest absolute Gasteiger partial charge is 0.478 e. The topological polar surface area (TPSA) is 95.5 Å². The third-order valence-corrected chi connectivity index (χ3v) is 3.11. The van der Waals surface area contributed by atoms with Gasteiger partial charge in [-0.1, -0.05) is 11.6 Å². The second kappa shape index (κ2) is 5.27. The molecule has 1 atom stereocenters. The van der Waals surface area contributed by atoms with E-state index in [9.17, 15) is 14.4 Å². The van der Waals surface area contributed by atoms with Gasteiger partial charge >= 0.3 is 5.97 Å². The van der Waals surface area contributed by atoms with Crippen LogP contribution in [0.15, 0.2) is 18.2 Å². The molecule has 1 saturated heterocycles. The lowest BCUT2D eigenvalue weighted by Gasteiger charge is -2.12. The number of carboxylic acids is 1. The van der Waals surface area contributed by atoms with E-state index in [1.165, 1.54) is 18.2 Å². The molecule has 7 heteroatoms. The molecule has 3 N–H and O–H groups in total. The van der Waals surface area contributed by atoms with Gasteiger partial charge < -0.3 is 15.7 Å². The van der Waals surface area contributed by atoms with Crippen LogP contribution in [0.25, 0.3) is 0 Å². The fraction of sp³-hybridized carbons (Fsp3) is 0.250. The molecule has 1 aliphatic rings. The molecule has 0 aromatic heterocycles. The van der Waals surface area contributed by atoms with E-state index in [0.29, 0.717) is 12.8 Å². The number of amides is 2. The first-order valence-electron chi connectivity index (χ1n) is 5.60. The number of benzene rings is 1. The Balaban J connectivity index is 2.14. The Bertz CT molecular complexity index is 559. The van der Waals surface area contributed by atoms with Crippen LogP contribution >= 0.6 is 11.6 Å². The van der Waals surface area contributed by atoms with Gasteiger partial charge in [0.05, 0.1) is 16.3 Å². The summed E-state index contributed by atoms with van der Waals surface area (Å²) in [7, 11) is 0. The Labute approximate surface area is 113 Å². The molecular weight excluding hydrogens is 272 g/mol. The van der Waals surface area contributed by atoms with E-state index in [-0.39, 0.29) is 22.2 Å². The van der Waals surface area contributed by atoms with Crippen LogP contribution in [0.2, 0.25) is 5.02 Å². The van der Waals surface area contributed by atoms with Crippen LogP contribution in [0.5, 0.6) is 0 Å². The van der Waals surface area contributed by atoms with Gasteiger partial charge in [0.25, 0.3) is 0 Å². The first-order chi connectivity index (χ1) is 8.97. The fourth-order valence-corrected chi connectivity index (χ4v) is 1.95. The standard InChI is InChI=1S/C12H11ClN2O4/c13-7-2-1-6(12(18)19)5-9(7)15-11(17)8-3-4-10(16)14-8/h1-2,5,8H,3-4H2,(H,14,16)(H,15,17)(H,18,19). The number of rotatable bonds is 3. The van der Waals surface area contributed by atoms with Gasteiger partial charge in [0.15, 0.2) is 0 Å². The number of halogens is 1. The minimum atomic E-state index is -1.11. The lowest BCUT2D eigenvalue weighted by atomic mass is 10.1. The third-order valence-electron chi connectivity index (χ3n) is 2.78. The van der Waals surface area contributed by atoms with Crippen molar-refractivity contribution in [3.8, 4) is 0 Å². The molecule has 0 spiro atoms. The SMILES string of the molecule is O=C1CCC(C(=O)Nc2cc(C(=O)O)ccc2Cl)N1. The van der Waals surface area contributed by atoms with Crippen LogP contribution in [-0.2, 0) is 9.59 Å². The second-order valence-corrected chi connectivity index (χ2v) is 4.56. The van der Waals surface area contributed by atoms with Crippen molar-refractivity contribution in [3.63, 3.8) is 0 Å². The number of carboxylic acid groups (broad SMARTS) is 1. The quantitative estimate of drug-likeness (QED) is 0.777. The van der Waals surface area contributed by atoms with Crippen molar-refractivity contribution in [2.45, 2.75) is 18.9 Å². The van der Waals surface area contributed by atoms with Crippen LogP contribution in [0.4, 0.5) is 5.69 Å². The molecule has 1 aliphatic heterocycles. The normalized spacial score (nSPS) is 17.9. The number of hydrogen-bond donors (Lipinski definition) is 3. The maximum Gasteiger partial charge on any atom is 0.335 e. The summed E-state index contributed by atoms with van der Waals surface area (Å²) in [5.41, 5.74) is 0.239. The zero-order valence-corrected chi connectivity index (χ0v) is 10.5. The summed E-state index contributed by atoms with van der Waals surface area (Å²) in [6.45, 7) is 0. The summed E-state index contributed by atoms with van der Waals surface area (Å²) >= 11 is 5.89. The first kappa shape index (κ1) is 13.4. The van der Waals surface area contributed by atoms with Crippen LogP contribution in [-0.4, -0.2) is 28.9 Å². The molecule has 0 aliphatic carbocycles. The molecule has 6 nitrogen and oxygen atoms in total. The van der Waals surface area contributed by atoms with Gasteiger partial charge in [0.1, 0.15) is 6.04 Å². The number of carbonyl (C=O) groups excluding carboxylic acids is 2. The monoisotopic (exact) mass is 282 g/mol. The van der Waals surface area contributed by atoms with E-state index in [4.69, 9.17) is 16.7 Å². The predicted octanol–water partition coefficient (Wildman–Crippen LogP) is 1.26. The zero-order valence-electron chi connectivity index (χ0n) is 9.77. The van der Waals surface area contributed by atoms with E-state index in [1.807, 2.05) is 0 Å². The summed E-state index contributed by atoms with van der Waals surface area (Å²) < 4.78 is 0. The highest BCUT2D eigenvalue weighted by Crippen LogP contribution is 2.23. The van der Waals surface area contributed by atoms with Crippen LogP contribution < -0.4 is 10.6 Å². The smallest absolute Gasteiger partial charge is 0.335 e. The fourth-order valence-electron chi connectivity index (χ4n) is 1.78. The van der Waals surface area contributed by atoms with E-state index >= 15 is 0 Å². The molecule has 100 valence electrons. The second-order valence-electron chi connectivity index (χ2n) is 4.15. The number of nitrogens with one attached hydrogen (secondary N) is 2. The maximum absolute atomic E-state index is 11.9. The predicted molar refractivity (Wildman–Crippen MR) is 68.2 cm³/mol. The highest BCUT2D eigenvalue weighted by Gasteiger charge is 2.27. The van der Waals surface area contributed by atoms with Crippen molar-refractivity contribution >= 4 is 35.1 Å². The molecule has 1 aromatic rings. The summed E-state index contributed by atoms with van der Waals surface area (Å²) in [5, 5.41) is 14.1. The first-order valence-corrected chi connectivity index (χ1v) is 5.98. The van der Waals surface area contributed by atoms with Crippen molar-refractivity contribution in [2.24, 2.45) is 0 Å². The molecule has 19 heavy (non-hydrogen) atoms. The Kier molecular flexibility index (Phi) is 3.71. The Morgan fingerprint density at radius 2 is 2.16 bits per heavy atom. The Morgan fingerprint density at radius 3 is 2.74 bits per heavy atom. The van der Waals surface area contributed by atoms with Gasteiger partial charge in [0.2, 0.25) is 11.8 Å². The van der Waals surface area contributed by atoms with Gasteiger partial charge in [-0.15, -0.1) is 0 Å². The number of carbonyl (C=O) groups is 3. The van der Waals surface area contributed by atoms with Gasteiger partial charge in [-0.2, -0.15) is 0 Å². The molecule has 1 aromatic carbocycles. The molecular formula is C12H11ClN2O4. The third kappa shape index (κ3) is 3.03. The highest BCUT2D eigenvalue weighted by molar-refractivity contribution is 6.34. The Hall–Kier alpha value is -2.08. The van der Waals surface area contributed by atoms with Gasteiger partial charge in [-0.3, -0.25) is 9.59 Å². The lowest BCUT2D eigenvalue weighted by molar-refractivity contribution is -0.122. The minimum absolute atomic E-state index is 0.0233. The van der Waals surface area contributed by atoms with Crippen molar-refractivity contribution in [1.82, 2.24) is 5.32 Å². The Morgan fingerprint density at radius 1 is 1.42 bits per heavy atom. The number of anilines is 1. The van der Waals surface area contributed by atoms with Crippen molar-refractivity contribution < 1.29 is 19.5 Å². The summed E-state index contributed by atoms with van der Waals surface area (Å²) in [5.74, 6) is -1.69. The average molecular weight is 283 g/mol. The zero-order chi connectivity index (χ0) is 14.0. The van der Waals surface area contributed by atoms with Gasteiger partial charge in [-0.25, -0.2) is 4.79 Å². The van der Waals surface area contributed by atoms with Crippen molar-refractivity contribution in [2.75, 3.05) is 5.32 Å². The average Bonchev–Trinajstić information content (AvgIpc) is 2.78. The van der Waals surface area contributed by atoms with E-state index in [1.54, 1.807) is 0 Å². The molecule has 1 unspecified atom stereocenters. The molecule has 2 amide bonds. The summed E-state index contributed by atoms with van der Waals surface area (Å²) in [6.07, 6.45) is 0.724. The van der Waals surface area contributed by atoms with Gasteiger partial charge in [-0.05, 0) is 24.6 Å². The van der Waals surface area contributed by atoms with E-state index in [2.05, 4.69) is 10.6 Å². The van der Waals surface area contributed by atoms with Crippen LogP contribution in [0.1, 0.15) is 23.2 Å². The van der Waals surface area contributed by atoms with E-state index < -0.39 is 17.9 Å². The molecule has 1 heterocycles. The lowest BCUT2D eigenvalue weighted by Crippen LogP contribution is -2.37. The molecule has 1 fully saturated rings. The number of aromatic carboxylic acids is 1.